The molecule has 0 saturated carbocycles. The van der Waals surface area contributed by atoms with Crippen LogP contribution < -0.4 is 11.1 Å². The number of nitrogens with two attached hydrogens (primary N) is 1. The largest absolute Gasteiger partial charge is 0.379 e. The zero-order chi connectivity index (χ0) is 16.8. The summed E-state index contributed by atoms with van der Waals surface area (Å²) in [7, 11) is 0. The number of aromatic nitrogens is 2. The SMILES string of the molecule is NC(=O)c1ccc(-c2cc(NCCN3CCOCC3)ncn2)cc1. The summed E-state index contributed by atoms with van der Waals surface area (Å²) in [6.45, 7) is 5.33. The van der Waals surface area contributed by atoms with Gasteiger partial charge >= 0.3 is 0 Å². The highest BCUT2D eigenvalue weighted by Gasteiger charge is 2.09. The Morgan fingerprint density at radius 2 is 1.96 bits per heavy atom. The van der Waals surface area contributed by atoms with E-state index < -0.39 is 5.91 Å². The Morgan fingerprint density at radius 1 is 1.21 bits per heavy atom. The zero-order valence-corrected chi connectivity index (χ0v) is 13.4. The van der Waals surface area contributed by atoms with Gasteiger partial charge in [-0.2, -0.15) is 0 Å². The minimum absolute atomic E-state index is 0.435. The van der Waals surface area contributed by atoms with Gasteiger partial charge in [-0.3, -0.25) is 9.69 Å². The maximum absolute atomic E-state index is 11.1. The molecular weight excluding hydrogens is 306 g/mol. The molecule has 1 aromatic heterocycles. The van der Waals surface area contributed by atoms with E-state index in [0.717, 1.165) is 56.5 Å². The fourth-order valence-corrected chi connectivity index (χ4v) is 2.58. The Labute approximate surface area is 140 Å². The van der Waals surface area contributed by atoms with Crippen LogP contribution >= 0.6 is 0 Å². The monoisotopic (exact) mass is 327 g/mol. The molecule has 126 valence electrons. The number of anilines is 1. The van der Waals surface area contributed by atoms with Crippen LogP contribution in [0.4, 0.5) is 5.82 Å². The molecule has 1 amide bonds. The topological polar surface area (TPSA) is 93.4 Å². The Balaban J connectivity index is 1.60. The number of hydrogen-bond donors (Lipinski definition) is 2. The van der Waals surface area contributed by atoms with Gasteiger partial charge in [0.25, 0.3) is 0 Å². The predicted molar refractivity (Wildman–Crippen MR) is 91.7 cm³/mol. The average molecular weight is 327 g/mol. The van der Waals surface area contributed by atoms with Crippen molar-refractivity contribution in [1.82, 2.24) is 14.9 Å². The standard InChI is InChI=1S/C17H21N5O2/c18-17(23)14-3-1-13(2-4-14)15-11-16(21-12-20-15)19-5-6-22-7-9-24-10-8-22/h1-4,11-12H,5-10H2,(H2,18,23)(H,19,20,21). The molecule has 7 heteroatoms. The third-order valence-electron chi connectivity index (χ3n) is 3.97. The molecule has 1 saturated heterocycles. The second-order valence-electron chi connectivity index (χ2n) is 5.61. The summed E-state index contributed by atoms with van der Waals surface area (Å²) in [5.74, 6) is 0.349. The van der Waals surface area contributed by atoms with Crippen molar-refractivity contribution in [2.75, 3.05) is 44.7 Å². The zero-order valence-electron chi connectivity index (χ0n) is 13.4. The van der Waals surface area contributed by atoms with Crippen LogP contribution in [0, 0.1) is 0 Å². The van der Waals surface area contributed by atoms with Crippen molar-refractivity contribution >= 4 is 11.7 Å². The van der Waals surface area contributed by atoms with E-state index in [9.17, 15) is 4.79 Å². The Kier molecular flexibility index (Phi) is 5.35. The van der Waals surface area contributed by atoms with E-state index >= 15 is 0 Å². The van der Waals surface area contributed by atoms with E-state index in [1.165, 1.54) is 6.33 Å². The summed E-state index contributed by atoms with van der Waals surface area (Å²) in [5.41, 5.74) is 7.46. The molecule has 0 spiro atoms. The highest BCUT2D eigenvalue weighted by Crippen LogP contribution is 2.19. The summed E-state index contributed by atoms with van der Waals surface area (Å²) in [6, 6.07) is 8.97. The Morgan fingerprint density at radius 3 is 2.67 bits per heavy atom. The number of nitrogens with one attached hydrogen (secondary N) is 1. The molecule has 1 fully saturated rings. The second kappa shape index (κ2) is 7.85. The molecule has 0 atom stereocenters. The van der Waals surface area contributed by atoms with Gasteiger partial charge in [-0.25, -0.2) is 9.97 Å². The van der Waals surface area contributed by atoms with Gasteiger partial charge in [0.15, 0.2) is 0 Å². The van der Waals surface area contributed by atoms with Gasteiger partial charge in [-0.05, 0) is 12.1 Å². The molecule has 0 radical (unpaired) electrons. The van der Waals surface area contributed by atoms with E-state index in [0.29, 0.717) is 5.56 Å². The molecule has 7 nitrogen and oxygen atoms in total. The number of ether oxygens (including phenoxy) is 1. The molecule has 0 unspecified atom stereocenters. The van der Waals surface area contributed by atoms with E-state index in [-0.39, 0.29) is 0 Å². The third kappa shape index (κ3) is 4.27. The van der Waals surface area contributed by atoms with E-state index in [4.69, 9.17) is 10.5 Å². The summed E-state index contributed by atoms with van der Waals surface area (Å²) >= 11 is 0. The Bertz CT molecular complexity index is 684. The first-order valence-electron chi connectivity index (χ1n) is 7.98. The lowest BCUT2D eigenvalue weighted by Gasteiger charge is -2.26. The van der Waals surface area contributed by atoms with Crippen molar-refractivity contribution in [2.45, 2.75) is 0 Å². The number of benzene rings is 1. The minimum Gasteiger partial charge on any atom is -0.379 e. The highest BCUT2D eigenvalue weighted by atomic mass is 16.5. The van der Waals surface area contributed by atoms with E-state index in [1.807, 2.05) is 18.2 Å². The summed E-state index contributed by atoms with van der Waals surface area (Å²) < 4.78 is 5.34. The summed E-state index contributed by atoms with van der Waals surface area (Å²) in [6.07, 6.45) is 1.54. The first kappa shape index (κ1) is 16.4. The van der Waals surface area contributed by atoms with Crippen molar-refractivity contribution in [3.05, 3.63) is 42.2 Å². The lowest BCUT2D eigenvalue weighted by Crippen LogP contribution is -2.39. The van der Waals surface area contributed by atoms with Crippen molar-refractivity contribution in [3.8, 4) is 11.3 Å². The van der Waals surface area contributed by atoms with Gasteiger partial charge < -0.3 is 15.8 Å². The lowest BCUT2D eigenvalue weighted by molar-refractivity contribution is 0.0398. The maximum atomic E-state index is 11.1. The fraction of sp³-hybridized carbons (Fsp3) is 0.353. The number of primary amides is 1. The molecular formula is C17H21N5O2. The van der Waals surface area contributed by atoms with Crippen LogP contribution in [0.1, 0.15) is 10.4 Å². The van der Waals surface area contributed by atoms with Crippen molar-refractivity contribution in [3.63, 3.8) is 0 Å². The number of carbonyl (C=O) groups is 1. The van der Waals surface area contributed by atoms with Gasteiger partial charge in [-0.1, -0.05) is 12.1 Å². The average Bonchev–Trinajstić information content (AvgIpc) is 2.63. The van der Waals surface area contributed by atoms with Gasteiger partial charge in [0, 0.05) is 43.4 Å². The van der Waals surface area contributed by atoms with Crippen molar-refractivity contribution < 1.29 is 9.53 Å². The summed E-state index contributed by atoms with van der Waals surface area (Å²) in [4.78, 5) is 22.0. The number of rotatable bonds is 6. The molecule has 0 aliphatic carbocycles. The molecule has 1 aliphatic heterocycles. The maximum Gasteiger partial charge on any atom is 0.248 e. The van der Waals surface area contributed by atoms with Crippen LogP contribution in [0.25, 0.3) is 11.3 Å². The molecule has 2 aromatic rings. The van der Waals surface area contributed by atoms with Gasteiger partial charge in [0.1, 0.15) is 12.1 Å². The molecule has 1 aliphatic rings. The third-order valence-corrected chi connectivity index (χ3v) is 3.97. The number of amides is 1. The van der Waals surface area contributed by atoms with Crippen LogP contribution in [-0.4, -0.2) is 60.2 Å². The predicted octanol–water partition coefficient (Wildman–Crippen LogP) is 0.987. The van der Waals surface area contributed by atoms with Crippen LogP contribution in [0.2, 0.25) is 0 Å². The second-order valence-corrected chi connectivity index (χ2v) is 5.61. The minimum atomic E-state index is -0.435. The molecule has 0 bridgehead atoms. The highest BCUT2D eigenvalue weighted by molar-refractivity contribution is 5.93. The Hall–Kier alpha value is -2.51. The van der Waals surface area contributed by atoms with E-state index in [2.05, 4.69) is 20.2 Å². The number of morpholine rings is 1. The smallest absolute Gasteiger partial charge is 0.248 e. The van der Waals surface area contributed by atoms with Gasteiger partial charge in [0.05, 0.1) is 18.9 Å². The molecule has 1 aromatic carbocycles. The number of carbonyl (C=O) groups excluding carboxylic acids is 1. The molecule has 3 rings (SSSR count). The van der Waals surface area contributed by atoms with Crippen LogP contribution in [-0.2, 0) is 4.74 Å². The molecule has 3 N–H and O–H groups in total. The first-order chi connectivity index (χ1) is 11.7. The van der Waals surface area contributed by atoms with Gasteiger partial charge in [0.2, 0.25) is 5.91 Å². The number of nitrogens with zero attached hydrogens (tertiary/aromatic N) is 3. The lowest BCUT2D eigenvalue weighted by atomic mass is 10.1. The van der Waals surface area contributed by atoms with Crippen molar-refractivity contribution in [2.24, 2.45) is 5.73 Å². The van der Waals surface area contributed by atoms with Gasteiger partial charge in [-0.15, -0.1) is 0 Å². The quantitative estimate of drug-likeness (QED) is 0.822. The van der Waals surface area contributed by atoms with Crippen molar-refractivity contribution in [1.29, 1.82) is 0 Å². The fourth-order valence-electron chi connectivity index (χ4n) is 2.58. The molecule has 24 heavy (non-hydrogen) atoms. The van der Waals surface area contributed by atoms with Crippen LogP contribution in [0.15, 0.2) is 36.7 Å². The molecule has 2 heterocycles. The normalized spacial score (nSPS) is 15.2. The van der Waals surface area contributed by atoms with Crippen LogP contribution in [0.5, 0.6) is 0 Å². The number of hydrogen-bond acceptors (Lipinski definition) is 6. The van der Waals surface area contributed by atoms with E-state index in [1.54, 1.807) is 12.1 Å². The van der Waals surface area contributed by atoms with Crippen LogP contribution in [0.3, 0.4) is 0 Å². The summed E-state index contributed by atoms with van der Waals surface area (Å²) in [5, 5.41) is 3.32. The first-order valence-corrected chi connectivity index (χ1v) is 7.98.